The molecule has 4 heteroatoms. The maximum atomic E-state index is 10.2. The van der Waals surface area contributed by atoms with Gasteiger partial charge in [0.25, 0.3) is 0 Å². The lowest BCUT2D eigenvalue weighted by atomic mass is 9.97. The van der Waals surface area contributed by atoms with E-state index >= 15 is 0 Å². The van der Waals surface area contributed by atoms with E-state index in [0.29, 0.717) is 15.6 Å². The molecule has 1 N–H and O–H groups in total. The lowest BCUT2D eigenvalue weighted by Crippen LogP contribution is -1.90. The molecule has 0 atom stereocenters. The molecule has 3 rings (SSSR count). The van der Waals surface area contributed by atoms with Gasteiger partial charge < -0.3 is 9.84 Å². The predicted octanol–water partition coefficient (Wildman–Crippen LogP) is 6.35. The molecule has 3 aromatic carbocycles. The van der Waals surface area contributed by atoms with E-state index in [1.807, 2.05) is 49.4 Å². The number of aryl methyl sites for hydroxylation is 1. The van der Waals surface area contributed by atoms with Crippen molar-refractivity contribution in [2.45, 2.75) is 6.92 Å². The van der Waals surface area contributed by atoms with Crippen molar-refractivity contribution in [1.82, 2.24) is 0 Å². The second-order valence-electron chi connectivity index (χ2n) is 5.52. The number of halogens is 2. The summed E-state index contributed by atoms with van der Waals surface area (Å²) in [6.07, 6.45) is 0. The van der Waals surface area contributed by atoms with Gasteiger partial charge >= 0.3 is 0 Å². The summed E-state index contributed by atoms with van der Waals surface area (Å²) < 4.78 is 5.42. The van der Waals surface area contributed by atoms with Crippen LogP contribution in [0.15, 0.2) is 54.6 Å². The molecule has 0 aromatic heterocycles. The van der Waals surface area contributed by atoms with Crippen molar-refractivity contribution in [3.8, 4) is 33.8 Å². The van der Waals surface area contributed by atoms with Gasteiger partial charge in [-0.3, -0.25) is 0 Å². The Balaban J connectivity index is 2.23. The van der Waals surface area contributed by atoms with Gasteiger partial charge in [-0.25, -0.2) is 0 Å². The third-order valence-electron chi connectivity index (χ3n) is 3.91. The lowest BCUT2D eigenvalue weighted by Gasteiger charge is -2.13. The Kier molecular flexibility index (Phi) is 4.70. The summed E-state index contributed by atoms with van der Waals surface area (Å²) in [6, 6.07) is 16.6. The van der Waals surface area contributed by atoms with E-state index < -0.39 is 0 Å². The van der Waals surface area contributed by atoms with Gasteiger partial charge in [-0.05, 0) is 53.9 Å². The van der Waals surface area contributed by atoms with Gasteiger partial charge in [0, 0.05) is 16.1 Å². The van der Waals surface area contributed by atoms with Crippen LogP contribution >= 0.6 is 23.2 Å². The summed E-state index contributed by atoms with van der Waals surface area (Å²) in [5.41, 5.74) is 4.12. The number of hydrogen-bond acceptors (Lipinski definition) is 2. The van der Waals surface area contributed by atoms with Crippen LogP contribution in [0, 0.1) is 6.92 Å². The molecule has 0 radical (unpaired) electrons. The number of phenolic OH excluding ortho intramolecular Hbond substituents is 1. The smallest absolute Gasteiger partial charge is 0.126 e. The van der Waals surface area contributed by atoms with Gasteiger partial charge in [0.05, 0.1) is 12.1 Å². The molecule has 0 heterocycles. The van der Waals surface area contributed by atoms with Crippen LogP contribution in [0.5, 0.6) is 11.5 Å². The zero-order chi connectivity index (χ0) is 17.3. The summed E-state index contributed by atoms with van der Waals surface area (Å²) in [5, 5.41) is 11.3. The van der Waals surface area contributed by atoms with Crippen molar-refractivity contribution in [2.24, 2.45) is 0 Å². The molecule has 0 aliphatic carbocycles. The molecule has 0 saturated carbocycles. The SMILES string of the molecule is COc1ccccc1-c1cc(O)cc(-c2c(Cl)ccc(C)c2Cl)c1. The number of para-hydroxylation sites is 1. The van der Waals surface area contributed by atoms with E-state index in [0.717, 1.165) is 28.0 Å². The number of ether oxygens (including phenoxy) is 1. The highest BCUT2D eigenvalue weighted by atomic mass is 35.5. The standard InChI is InChI=1S/C20H16Cl2O2/c1-12-7-8-17(21)19(20(12)22)14-9-13(10-15(23)11-14)16-5-3-4-6-18(16)24-2/h3-11,23H,1-2H3. The monoisotopic (exact) mass is 358 g/mol. The van der Waals surface area contributed by atoms with Crippen molar-refractivity contribution >= 4 is 23.2 Å². The summed E-state index contributed by atoms with van der Waals surface area (Å²) in [6.45, 7) is 1.92. The predicted molar refractivity (Wildman–Crippen MR) is 100 cm³/mol. The minimum Gasteiger partial charge on any atom is -0.508 e. The van der Waals surface area contributed by atoms with Gasteiger partial charge in [-0.15, -0.1) is 0 Å². The van der Waals surface area contributed by atoms with Crippen LogP contribution in [0.25, 0.3) is 22.3 Å². The third-order valence-corrected chi connectivity index (χ3v) is 4.71. The highest BCUT2D eigenvalue weighted by molar-refractivity contribution is 6.39. The fraction of sp³-hybridized carbons (Fsp3) is 0.100. The van der Waals surface area contributed by atoms with E-state index in [9.17, 15) is 5.11 Å². The quantitative estimate of drug-likeness (QED) is 0.590. The van der Waals surface area contributed by atoms with Gasteiger partial charge in [-0.2, -0.15) is 0 Å². The summed E-state index contributed by atoms with van der Waals surface area (Å²) in [4.78, 5) is 0. The third kappa shape index (κ3) is 3.08. The second kappa shape index (κ2) is 6.76. The zero-order valence-corrected chi connectivity index (χ0v) is 14.8. The van der Waals surface area contributed by atoms with Crippen LogP contribution in [0.3, 0.4) is 0 Å². The molecule has 2 nitrogen and oxygen atoms in total. The Morgan fingerprint density at radius 1 is 0.917 bits per heavy atom. The van der Waals surface area contributed by atoms with Gasteiger partial charge in [0.1, 0.15) is 11.5 Å². The number of hydrogen-bond donors (Lipinski definition) is 1. The molecule has 24 heavy (non-hydrogen) atoms. The number of rotatable bonds is 3. The molecule has 122 valence electrons. The maximum absolute atomic E-state index is 10.2. The highest BCUT2D eigenvalue weighted by Crippen LogP contribution is 2.41. The van der Waals surface area contributed by atoms with Gasteiger partial charge in [-0.1, -0.05) is 47.5 Å². The van der Waals surface area contributed by atoms with Crippen LogP contribution in [0.4, 0.5) is 0 Å². The Morgan fingerprint density at radius 2 is 1.62 bits per heavy atom. The van der Waals surface area contributed by atoms with E-state index in [1.54, 1.807) is 19.2 Å². The first kappa shape index (κ1) is 16.7. The molecule has 3 aromatic rings. The average molecular weight is 359 g/mol. The molecular weight excluding hydrogens is 343 g/mol. The van der Waals surface area contributed by atoms with Crippen LogP contribution in [-0.4, -0.2) is 12.2 Å². The van der Waals surface area contributed by atoms with Crippen molar-refractivity contribution in [2.75, 3.05) is 7.11 Å². The Labute approximate surface area is 151 Å². The minimum atomic E-state index is 0.141. The Bertz CT molecular complexity index is 904. The summed E-state index contributed by atoms with van der Waals surface area (Å²) in [7, 11) is 1.62. The molecule has 0 bridgehead atoms. The van der Waals surface area contributed by atoms with Crippen molar-refractivity contribution in [3.05, 3.63) is 70.2 Å². The average Bonchev–Trinajstić information content (AvgIpc) is 2.58. The van der Waals surface area contributed by atoms with Crippen LogP contribution in [0.2, 0.25) is 10.0 Å². The van der Waals surface area contributed by atoms with Crippen LogP contribution in [-0.2, 0) is 0 Å². The molecule has 0 aliphatic heterocycles. The zero-order valence-electron chi connectivity index (χ0n) is 13.3. The number of benzene rings is 3. The normalized spacial score (nSPS) is 10.7. The largest absolute Gasteiger partial charge is 0.508 e. The fourth-order valence-electron chi connectivity index (χ4n) is 2.72. The second-order valence-corrected chi connectivity index (χ2v) is 6.31. The maximum Gasteiger partial charge on any atom is 0.126 e. The Morgan fingerprint density at radius 3 is 2.38 bits per heavy atom. The van der Waals surface area contributed by atoms with Crippen molar-refractivity contribution in [3.63, 3.8) is 0 Å². The first-order valence-electron chi connectivity index (χ1n) is 7.43. The summed E-state index contributed by atoms with van der Waals surface area (Å²) in [5.74, 6) is 0.873. The molecule has 0 fully saturated rings. The van der Waals surface area contributed by atoms with E-state index in [2.05, 4.69) is 0 Å². The Hall–Kier alpha value is -2.16. The van der Waals surface area contributed by atoms with E-state index in [1.165, 1.54) is 0 Å². The molecular formula is C20H16Cl2O2. The topological polar surface area (TPSA) is 29.5 Å². The van der Waals surface area contributed by atoms with E-state index in [4.69, 9.17) is 27.9 Å². The first-order chi connectivity index (χ1) is 11.5. The first-order valence-corrected chi connectivity index (χ1v) is 8.19. The highest BCUT2D eigenvalue weighted by Gasteiger charge is 2.14. The lowest BCUT2D eigenvalue weighted by molar-refractivity contribution is 0.416. The molecule has 0 saturated heterocycles. The minimum absolute atomic E-state index is 0.141. The number of methoxy groups -OCH3 is 1. The fourth-order valence-corrected chi connectivity index (χ4v) is 3.30. The molecule has 0 unspecified atom stereocenters. The molecule has 0 aliphatic rings. The van der Waals surface area contributed by atoms with Crippen molar-refractivity contribution < 1.29 is 9.84 Å². The van der Waals surface area contributed by atoms with Gasteiger partial charge in [0.15, 0.2) is 0 Å². The number of aromatic hydroxyl groups is 1. The summed E-state index contributed by atoms with van der Waals surface area (Å²) >= 11 is 12.8. The number of phenols is 1. The molecule has 0 spiro atoms. The van der Waals surface area contributed by atoms with Crippen molar-refractivity contribution in [1.29, 1.82) is 0 Å². The van der Waals surface area contributed by atoms with Gasteiger partial charge in [0.2, 0.25) is 0 Å². The van der Waals surface area contributed by atoms with E-state index in [-0.39, 0.29) is 5.75 Å². The molecule has 0 amide bonds. The van der Waals surface area contributed by atoms with Crippen LogP contribution in [0.1, 0.15) is 5.56 Å². The van der Waals surface area contributed by atoms with Crippen LogP contribution < -0.4 is 4.74 Å².